The van der Waals surface area contributed by atoms with Crippen molar-refractivity contribution in [3.8, 4) is 0 Å². The standard InChI is InChI=1S/C14H14FNO4/c1-7-9-6-8(15)4-5-10(9)20-11(7)12(17)16-14(2,3)13(18)19/h4-6H,1-3H3,(H,16,17)(H,18,19). The van der Waals surface area contributed by atoms with Crippen molar-refractivity contribution in [3.05, 3.63) is 35.3 Å². The fourth-order valence-electron chi connectivity index (χ4n) is 1.80. The Morgan fingerprint density at radius 3 is 2.60 bits per heavy atom. The SMILES string of the molecule is Cc1c(C(=O)NC(C)(C)C(=O)O)oc2ccc(F)cc12. The first kappa shape index (κ1) is 14.0. The molecule has 1 amide bonds. The van der Waals surface area contributed by atoms with Crippen LogP contribution in [-0.4, -0.2) is 22.5 Å². The van der Waals surface area contributed by atoms with E-state index in [1.54, 1.807) is 6.92 Å². The van der Waals surface area contributed by atoms with Gasteiger partial charge in [0.1, 0.15) is 16.9 Å². The van der Waals surface area contributed by atoms with Crippen LogP contribution in [0.2, 0.25) is 0 Å². The van der Waals surface area contributed by atoms with Gasteiger partial charge in [-0.15, -0.1) is 0 Å². The fourth-order valence-corrected chi connectivity index (χ4v) is 1.80. The molecule has 106 valence electrons. The topological polar surface area (TPSA) is 79.5 Å². The van der Waals surface area contributed by atoms with Crippen LogP contribution >= 0.6 is 0 Å². The smallest absolute Gasteiger partial charge is 0.328 e. The van der Waals surface area contributed by atoms with Crippen molar-refractivity contribution in [2.45, 2.75) is 26.3 Å². The minimum atomic E-state index is -1.42. The van der Waals surface area contributed by atoms with Crippen LogP contribution in [0.15, 0.2) is 22.6 Å². The Balaban J connectivity index is 2.41. The molecule has 0 aliphatic rings. The number of hydrogen-bond acceptors (Lipinski definition) is 3. The van der Waals surface area contributed by atoms with Gasteiger partial charge in [0.2, 0.25) is 0 Å². The minimum absolute atomic E-state index is 0.0140. The lowest BCUT2D eigenvalue weighted by Gasteiger charge is -2.20. The molecule has 2 N–H and O–H groups in total. The Morgan fingerprint density at radius 2 is 2.00 bits per heavy atom. The first-order chi connectivity index (χ1) is 9.22. The van der Waals surface area contributed by atoms with Gasteiger partial charge in [0, 0.05) is 10.9 Å². The van der Waals surface area contributed by atoms with Crippen LogP contribution in [0.1, 0.15) is 30.0 Å². The zero-order chi connectivity index (χ0) is 15.1. The lowest BCUT2D eigenvalue weighted by Crippen LogP contribution is -2.49. The molecule has 1 aromatic heterocycles. The Labute approximate surface area is 114 Å². The molecule has 0 radical (unpaired) electrons. The molecule has 0 fully saturated rings. The molecule has 0 spiro atoms. The zero-order valence-corrected chi connectivity index (χ0v) is 11.3. The third-order valence-electron chi connectivity index (χ3n) is 3.07. The Morgan fingerprint density at radius 1 is 1.35 bits per heavy atom. The molecule has 0 saturated carbocycles. The van der Waals surface area contributed by atoms with Gasteiger partial charge in [-0.2, -0.15) is 0 Å². The van der Waals surface area contributed by atoms with Crippen molar-refractivity contribution in [2.75, 3.05) is 0 Å². The molecule has 1 heterocycles. The Bertz CT molecular complexity index is 703. The van der Waals surface area contributed by atoms with E-state index in [1.807, 2.05) is 0 Å². The number of hydrogen-bond donors (Lipinski definition) is 2. The number of carboxylic acids is 1. The number of nitrogens with one attached hydrogen (secondary N) is 1. The monoisotopic (exact) mass is 279 g/mol. The highest BCUT2D eigenvalue weighted by atomic mass is 19.1. The van der Waals surface area contributed by atoms with Crippen LogP contribution in [0.3, 0.4) is 0 Å². The van der Waals surface area contributed by atoms with Crippen LogP contribution < -0.4 is 5.32 Å². The Hall–Kier alpha value is -2.37. The average molecular weight is 279 g/mol. The van der Waals surface area contributed by atoms with Crippen LogP contribution in [0.25, 0.3) is 11.0 Å². The molecule has 0 atom stereocenters. The summed E-state index contributed by atoms with van der Waals surface area (Å²) in [5.74, 6) is -2.25. The minimum Gasteiger partial charge on any atom is -0.480 e. The predicted molar refractivity (Wildman–Crippen MR) is 70.1 cm³/mol. The fraction of sp³-hybridized carbons (Fsp3) is 0.286. The van der Waals surface area contributed by atoms with Gasteiger partial charge in [-0.3, -0.25) is 4.79 Å². The number of aliphatic carboxylic acids is 1. The first-order valence-corrected chi connectivity index (χ1v) is 5.97. The largest absolute Gasteiger partial charge is 0.480 e. The van der Waals surface area contributed by atoms with Gasteiger partial charge in [0.25, 0.3) is 5.91 Å². The molecular formula is C14H14FNO4. The lowest BCUT2D eigenvalue weighted by atomic mass is 10.1. The summed E-state index contributed by atoms with van der Waals surface area (Å²) in [7, 11) is 0. The van der Waals surface area contributed by atoms with Gasteiger partial charge in [-0.25, -0.2) is 9.18 Å². The quantitative estimate of drug-likeness (QED) is 0.904. The molecule has 5 nitrogen and oxygen atoms in total. The number of benzene rings is 1. The van der Waals surface area contributed by atoms with E-state index >= 15 is 0 Å². The molecule has 1 aromatic carbocycles. The van der Waals surface area contributed by atoms with Crippen molar-refractivity contribution in [2.24, 2.45) is 0 Å². The maximum absolute atomic E-state index is 13.2. The maximum Gasteiger partial charge on any atom is 0.328 e. The maximum atomic E-state index is 13.2. The lowest BCUT2D eigenvalue weighted by molar-refractivity contribution is -0.143. The number of aryl methyl sites for hydroxylation is 1. The summed E-state index contributed by atoms with van der Waals surface area (Å²) >= 11 is 0. The van der Waals surface area contributed by atoms with Crippen molar-refractivity contribution >= 4 is 22.8 Å². The van der Waals surface area contributed by atoms with E-state index in [1.165, 1.54) is 32.0 Å². The van der Waals surface area contributed by atoms with Gasteiger partial charge >= 0.3 is 5.97 Å². The second-order valence-electron chi connectivity index (χ2n) is 5.08. The summed E-state index contributed by atoms with van der Waals surface area (Å²) in [6.45, 7) is 4.35. The molecule has 6 heteroatoms. The summed E-state index contributed by atoms with van der Waals surface area (Å²) in [5, 5.41) is 11.8. The van der Waals surface area contributed by atoms with E-state index in [4.69, 9.17) is 9.52 Å². The molecular weight excluding hydrogens is 265 g/mol. The molecule has 0 saturated heterocycles. The number of rotatable bonds is 3. The van der Waals surface area contributed by atoms with E-state index in [0.29, 0.717) is 16.5 Å². The normalized spacial score (nSPS) is 11.6. The van der Waals surface area contributed by atoms with Gasteiger partial charge in [0.15, 0.2) is 5.76 Å². The van der Waals surface area contributed by atoms with Gasteiger partial charge in [0.05, 0.1) is 0 Å². The molecule has 0 aliphatic carbocycles. The highest BCUT2D eigenvalue weighted by molar-refractivity contribution is 6.01. The van der Waals surface area contributed by atoms with Crippen molar-refractivity contribution in [1.29, 1.82) is 0 Å². The molecule has 20 heavy (non-hydrogen) atoms. The number of carbonyl (C=O) groups excluding carboxylic acids is 1. The van der Waals surface area contributed by atoms with Crippen LogP contribution in [0, 0.1) is 12.7 Å². The van der Waals surface area contributed by atoms with E-state index < -0.39 is 23.2 Å². The van der Waals surface area contributed by atoms with Gasteiger partial charge < -0.3 is 14.8 Å². The third kappa shape index (κ3) is 2.36. The van der Waals surface area contributed by atoms with Crippen LogP contribution in [0.5, 0.6) is 0 Å². The third-order valence-corrected chi connectivity index (χ3v) is 3.07. The molecule has 2 rings (SSSR count). The van der Waals surface area contributed by atoms with Crippen molar-refractivity contribution in [3.63, 3.8) is 0 Å². The van der Waals surface area contributed by atoms with Gasteiger partial charge in [-0.1, -0.05) is 0 Å². The number of halogens is 1. The second kappa shape index (κ2) is 4.63. The summed E-state index contributed by atoms with van der Waals surface area (Å²) in [6.07, 6.45) is 0. The summed E-state index contributed by atoms with van der Waals surface area (Å²) in [6, 6.07) is 3.93. The molecule has 0 bridgehead atoms. The highest BCUT2D eigenvalue weighted by Crippen LogP contribution is 2.26. The average Bonchev–Trinajstić information content (AvgIpc) is 2.66. The van der Waals surface area contributed by atoms with E-state index in [9.17, 15) is 14.0 Å². The van der Waals surface area contributed by atoms with Crippen molar-refractivity contribution < 1.29 is 23.5 Å². The second-order valence-corrected chi connectivity index (χ2v) is 5.08. The number of furan rings is 1. The summed E-state index contributed by atoms with van der Waals surface area (Å²) < 4.78 is 18.6. The molecule has 0 unspecified atom stereocenters. The number of carbonyl (C=O) groups is 2. The van der Waals surface area contributed by atoms with Crippen LogP contribution in [0.4, 0.5) is 4.39 Å². The Kier molecular flexibility index (Phi) is 3.25. The van der Waals surface area contributed by atoms with Crippen LogP contribution in [-0.2, 0) is 4.79 Å². The van der Waals surface area contributed by atoms with Crippen molar-refractivity contribution in [1.82, 2.24) is 5.32 Å². The molecule has 0 aliphatic heterocycles. The number of fused-ring (bicyclic) bond motifs is 1. The van der Waals surface area contributed by atoms with Gasteiger partial charge in [-0.05, 0) is 39.0 Å². The van der Waals surface area contributed by atoms with E-state index in [0.717, 1.165) is 0 Å². The summed E-state index contributed by atoms with van der Waals surface area (Å²) in [4.78, 5) is 23.1. The highest BCUT2D eigenvalue weighted by Gasteiger charge is 2.31. The first-order valence-electron chi connectivity index (χ1n) is 5.97. The predicted octanol–water partition coefficient (Wildman–Crippen LogP) is 2.47. The molecule has 2 aromatic rings. The number of amides is 1. The number of carboxylic acid groups (broad SMARTS) is 1. The van der Waals surface area contributed by atoms with E-state index in [2.05, 4.69) is 5.32 Å². The summed E-state index contributed by atoms with van der Waals surface area (Å²) in [5.41, 5.74) is -0.575. The van der Waals surface area contributed by atoms with E-state index in [-0.39, 0.29) is 5.76 Å². The zero-order valence-electron chi connectivity index (χ0n) is 11.3.